The molecule has 1 aliphatic heterocycles. The zero-order chi connectivity index (χ0) is 16.9. The Kier molecular flexibility index (Phi) is 6.01. The van der Waals surface area contributed by atoms with Crippen molar-refractivity contribution in [3.63, 3.8) is 0 Å². The van der Waals surface area contributed by atoms with Crippen LogP contribution in [0.2, 0.25) is 0 Å². The van der Waals surface area contributed by atoms with Gasteiger partial charge in [-0.2, -0.15) is 0 Å². The third-order valence-corrected chi connectivity index (χ3v) is 5.69. The SMILES string of the molecule is COc1ccc(CN2CCN([C@@H]3CCC[C@H](C)C3)CC2)cc1OC. The zero-order valence-electron chi connectivity index (χ0n) is 15.5. The minimum atomic E-state index is 0.803. The monoisotopic (exact) mass is 332 g/mol. The second kappa shape index (κ2) is 8.21. The fraction of sp³-hybridized carbons (Fsp3) is 0.700. The van der Waals surface area contributed by atoms with Crippen molar-refractivity contribution in [3.05, 3.63) is 23.8 Å². The van der Waals surface area contributed by atoms with E-state index >= 15 is 0 Å². The molecule has 4 heteroatoms. The lowest BCUT2D eigenvalue weighted by Gasteiger charge is -2.42. The molecule has 1 aromatic carbocycles. The summed E-state index contributed by atoms with van der Waals surface area (Å²) in [6.45, 7) is 8.17. The Morgan fingerprint density at radius 2 is 1.75 bits per heavy atom. The van der Waals surface area contributed by atoms with Gasteiger partial charge in [-0.3, -0.25) is 9.80 Å². The predicted molar refractivity (Wildman–Crippen MR) is 97.8 cm³/mol. The van der Waals surface area contributed by atoms with Crippen LogP contribution >= 0.6 is 0 Å². The number of nitrogens with zero attached hydrogens (tertiary/aromatic N) is 2. The van der Waals surface area contributed by atoms with Crippen LogP contribution in [0.5, 0.6) is 11.5 Å². The molecular weight excluding hydrogens is 300 g/mol. The average molecular weight is 332 g/mol. The van der Waals surface area contributed by atoms with Gasteiger partial charge >= 0.3 is 0 Å². The van der Waals surface area contributed by atoms with E-state index in [4.69, 9.17) is 9.47 Å². The van der Waals surface area contributed by atoms with Crippen LogP contribution in [0.3, 0.4) is 0 Å². The Morgan fingerprint density at radius 1 is 1.00 bits per heavy atom. The third-order valence-electron chi connectivity index (χ3n) is 5.69. The van der Waals surface area contributed by atoms with Crippen LogP contribution in [-0.4, -0.2) is 56.2 Å². The molecule has 1 aliphatic carbocycles. The van der Waals surface area contributed by atoms with Gasteiger partial charge in [0.25, 0.3) is 0 Å². The van der Waals surface area contributed by atoms with E-state index in [1.54, 1.807) is 14.2 Å². The minimum absolute atomic E-state index is 0.803. The molecule has 1 saturated carbocycles. The lowest BCUT2D eigenvalue weighted by molar-refractivity contribution is 0.0659. The Balaban J connectivity index is 1.52. The highest BCUT2D eigenvalue weighted by molar-refractivity contribution is 5.42. The molecule has 1 aromatic rings. The van der Waals surface area contributed by atoms with E-state index in [0.29, 0.717) is 0 Å². The Bertz CT molecular complexity index is 526. The number of methoxy groups -OCH3 is 2. The van der Waals surface area contributed by atoms with Crippen molar-refractivity contribution in [1.29, 1.82) is 0 Å². The van der Waals surface area contributed by atoms with Gasteiger partial charge in [0.05, 0.1) is 14.2 Å². The lowest BCUT2D eigenvalue weighted by atomic mass is 9.86. The van der Waals surface area contributed by atoms with Crippen molar-refractivity contribution in [3.8, 4) is 11.5 Å². The van der Waals surface area contributed by atoms with E-state index in [2.05, 4.69) is 28.9 Å². The summed E-state index contributed by atoms with van der Waals surface area (Å²) in [7, 11) is 3.38. The fourth-order valence-corrected chi connectivity index (χ4v) is 4.26. The number of hydrogen-bond donors (Lipinski definition) is 0. The van der Waals surface area contributed by atoms with E-state index in [9.17, 15) is 0 Å². The number of ether oxygens (including phenoxy) is 2. The number of piperazine rings is 1. The molecule has 1 heterocycles. The first kappa shape index (κ1) is 17.6. The number of benzene rings is 1. The Hall–Kier alpha value is -1.26. The number of rotatable bonds is 5. The molecule has 0 unspecified atom stereocenters. The molecule has 0 radical (unpaired) electrons. The van der Waals surface area contributed by atoms with Crippen LogP contribution in [0.4, 0.5) is 0 Å². The van der Waals surface area contributed by atoms with Crippen LogP contribution in [0.15, 0.2) is 18.2 Å². The first-order valence-electron chi connectivity index (χ1n) is 9.37. The molecule has 0 N–H and O–H groups in total. The van der Waals surface area contributed by atoms with Gasteiger partial charge in [-0.1, -0.05) is 25.8 Å². The van der Waals surface area contributed by atoms with Gasteiger partial charge in [0.2, 0.25) is 0 Å². The highest BCUT2D eigenvalue weighted by Gasteiger charge is 2.27. The summed E-state index contributed by atoms with van der Waals surface area (Å²) in [6.07, 6.45) is 5.64. The molecule has 4 nitrogen and oxygen atoms in total. The smallest absolute Gasteiger partial charge is 0.161 e. The maximum Gasteiger partial charge on any atom is 0.161 e. The van der Waals surface area contributed by atoms with Gasteiger partial charge in [-0.05, 0) is 36.5 Å². The second-order valence-electron chi connectivity index (χ2n) is 7.43. The van der Waals surface area contributed by atoms with Crippen LogP contribution in [0, 0.1) is 5.92 Å². The molecule has 134 valence electrons. The van der Waals surface area contributed by atoms with Crippen molar-refractivity contribution in [2.24, 2.45) is 5.92 Å². The highest BCUT2D eigenvalue weighted by atomic mass is 16.5. The van der Waals surface area contributed by atoms with Crippen molar-refractivity contribution < 1.29 is 9.47 Å². The summed E-state index contributed by atoms with van der Waals surface area (Å²) in [4.78, 5) is 5.30. The third kappa shape index (κ3) is 4.22. The molecule has 24 heavy (non-hydrogen) atoms. The molecular formula is C20H32N2O2. The van der Waals surface area contributed by atoms with Crippen LogP contribution in [-0.2, 0) is 6.54 Å². The molecule has 2 aliphatic rings. The molecule has 3 rings (SSSR count). The maximum atomic E-state index is 5.42. The van der Waals surface area contributed by atoms with E-state index in [1.807, 2.05) is 6.07 Å². The summed E-state index contributed by atoms with van der Waals surface area (Å²) in [5.41, 5.74) is 1.30. The summed E-state index contributed by atoms with van der Waals surface area (Å²) in [6, 6.07) is 7.09. The summed E-state index contributed by atoms with van der Waals surface area (Å²) >= 11 is 0. The molecule has 0 bridgehead atoms. The Morgan fingerprint density at radius 3 is 2.42 bits per heavy atom. The fourth-order valence-electron chi connectivity index (χ4n) is 4.26. The van der Waals surface area contributed by atoms with Crippen molar-refractivity contribution >= 4 is 0 Å². The van der Waals surface area contributed by atoms with Crippen molar-refractivity contribution in [2.45, 2.75) is 45.2 Å². The highest BCUT2D eigenvalue weighted by Crippen LogP contribution is 2.29. The van der Waals surface area contributed by atoms with Crippen molar-refractivity contribution in [2.75, 3.05) is 40.4 Å². The molecule has 0 amide bonds. The molecule has 2 fully saturated rings. The minimum Gasteiger partial charge on any atom is -0.493 e. The molecule has 1 saturated heterocycles. The topological polar surface area (TPSA) is 24.9 Å². The molecule has 0 spiro atoms. The lowest BCUT2D eigenvalue weighted by Crippen LogP contribution is -2.50. The summed E-state index contributed by atoms with van der Waals surface area (Å²) in [5.74, 6) is 2.54. The normalized spacial score (nSPS) is 26.3. The Labute approximate surface area is 146 Å². The maximum absolute atomic E-state index is 5.42. The van der Waals surface area contributed by atoms with Gasteiger partial charge < -0.3 is 9.47 Å². The predicted octanol–water partition coefficient (Wildman–Crippen LogP) is 3.40. The first-order chi connectivity index (χ1) is 11.7. The molecule has 0 aromatic heterocycles. The van der Waals surface area contributed by atoms with E-state index < -0.39 is 0 Å². The zero-order valence-corrected chi connectivity index (χ0v) is 15.5. The second-order valence-corrected chi connectivity index (χ2v) is 7.43. The van der Waals surface area contributed by atoms with Gasteiger partial charge in [0.15, 0.2) is 11.5 Å². The van der Waals surface area contributed by atoms with E-state index in [1.165, 1.54) is 57.4 Å². The molecule has 2 atom stereocenters. The summed E-state index contributed by atoms with van der Waals surface area (Å²) < 4.78 is 10.7. The number of hydrogen-bond acceptors (Lipinski definition) is 4. The van der Waals surface area contributed by atoms with Gasteiger partial charge in [-0.15, -0.1) is 0 Å². The van der Waals surface area contributed by atoms with Gasteiger partial charge in [-0.25, -0.2) is 0 Å². The largest absolute Gasteiger partial charge is 0.493 e. The van der Waals surface area contributed by atoms with Crippen LogP contribution in [0.25, 0.3) is 0 Å². The van der Waals surface area contributed by atoms with E-state index in [-0.39, 0.29) is 0 Å². The van der Waals surface area contributed by atoms with E-state index in [0.717, 1.165) is 30.0 Å². The quantitative estimate of drug-likeness (QED) is 0.825. The van der Waals surface area contributed by atoms with Crippen LogP contribution in [0.1, 0.15) is 38.2 Å². The van der Waals surface area contributed by atoms with Crippen molar-refractivity contribution in [1.82, 2.24) is 9.80 Å². The first-order valence-corrected chi connectivity index (χ1v) is 9.37. The summed E-state index contributed by atoms with van der Waals surface area (Å²) in [5, 5.41) is 0. The van der Waals surface area contributed by atoms with Crippen LogP contribution < -0.4 is 9.47 Å². The standard InChI is InChI=1S/C20H32N2O2/c1-16-5-4-6-18(13-16)22-11-9-21(10-12-22)15-17-7-8-19(23-2)20(14-17)24-3/h7-8,14,16,18H,4-6,9-13,15H2,1-3H3/t16-,18+/m0/s1. The average Bonchev–Trinajstić information content (AvgIpc) is 2.62. The van der Waals surface area contributed by atoms with Gasteiger partial charge in [0.1, 0.15) is 0 Å². The van der Waals surface area contributed by atoms with Gasteiger partial charge in [0, 0.05) is 38.8 Å².